The Morgan fingerprint density at radius 1 is 1.48 bits per heavy atom. The van der Waals surface area contributed by atoms with Gasteiger partial charge >= 0.3 is 5.97 Å². The summed E-state index contributed by atoms with van der Waals surface area (Å²) in [6.07, 6.45) is 5.62. The molecular formula is C18H18ClN5O3. The summed E-state index contributed by atoms with van der Waals surface area (Å²) in [6, 6.07) is 3.57. The molecule has 1 amide bonds. The van der Waals surface area contributed by atoms with Crippen LogP contribution in [-0.4, -0.2) is 38.1 Å². The lowest BCUT2D eigenvalue weighted by molar-refractivity contribution is -0.144. The van der Waals surface area contributed by atoms with Crippen LogP contribution in [-0.2, 0) is 16.1 Å². The maximum atomic E-state index is 12.6. The van der Waals surface area contributed by atoms with Crippen LogP contribution in [0.5, 0.6) is 0 Å². The maximum Gasteiger partial charge on any atom is 0.309 e. The Bertz CT molecular complexity index is 1010. The fourth-order valence-electron chi connectivity index (χ4n) is 3.20. The first-order chi connectivity index (χ1) is 13.1. The Hall–Kier alpha value is -2.87. The molecule has 0 aliphatic heterocycles. The van der Waals surface area contributed by atoms with Gasteiger partial charge in [-0.15, -0.1) is 0 Å². The van der Waals surface area contributed by atoms with E-state index < -0.39 is 0 Å². The number of nitrogens with one attached hydrogen (secondary N) is 2. The van der Waals surface area contributed by atoms with Gasteiger partial charge in [-0.3, -0.25) is 14.7 Å². The molecule has 9 heteroatoms. The van der Waals surface area contributed by atoms with Gasteiger partial charge in [0.1, 0.15) is 0 Å². The fourth-order valence-corrected chi connectivity index (χ4v) is 3.35. The molecule has 2 atom stereocenters. The summed E-state index contributed by atoms with van der Waals surface area (Å²) in [5, 5.41) is 10.3. The molecule has 2 N–H and O–H groups in total. The molecule has 0 saturated heterocycles. The number of rotatable bonds is 6. The molecule has 1 aliphatic rings. The Kier molecular flexibility index (Phi) is 4.57. The zero-order chi connectivity index (χ0) is 19.0. The summed E-state index contributed by atoms with van der Waals surface area (Å²) in [7, 11) is 0. The Morgan fingerprint density at radius 2 is 2.33 bits per heavy atom. The van der Waals surface area contributed by atoms with Crippen molar-refractivity contribution in [2.45, 2.75) is 25.8 Å². The largest absolute Gasteiger partial charge is 0.466 e. The van der Waals surface area contributed by atoms with Gasteiger partial charge in [-0.05, 0) is 25.5 Å². The zero-order valence-electron chi connectivity index (χ0n) is 14.6. The van der Waals surface area contributed by atoms with Crippen molar-refractivity contribution < 1.29 is 14.3 Å². The highest BCUT2D eigenvalue weighted by molar-refractivity contribution is 6.30. The number of amides is 1. The molecule has 0 aromatic carbocycles. The number of imidazole rings is 1. The van der Waals surface area contributed by atoms with Crippen LogP contribution in [0.2, 0.25) is 5.02 Å². The van der Waals surface area contributed by atoms with Crippen molar-refractivity contribution >= 4 is 29.0 Å². The molecule has 2 unspecified atom stereocenters. The number of ether oxygens (including phenoxy) is 1. The van der Waals surface area contributed by atoms with Crippen LogP contribution in [0.25, 0.3) is 5.52 Å². The van der Waals surface area contributed by atoms with E-state index in [0.717, 1.165) is 5.52 Å². The number of hydrogen-bond donors (Lipinski definition) is 2. The first-order valence-corrected chi connectivity index (χ1v) is 9.05. The van der Waals surface area contributed by atoms with Crippen LogP contribution in [0.3, 0.4) is 0 Å². The first-order valence-electron chi connectivity index (χ1n) is 8.67. The van der Waals surface area contributed by atoms with Crippen LogP contribution in [0.1, 0.15) is 41.0 Å². The summed E-state index contributed by atoms with van der Waals surface area (Å²) in [5.41, 5.74) is 2.66. The van der Waals surface area contributed by atoms with E-state index >= 15 is 0 Å². The van der Waals surface area contributed by atoms with Crippen molar-refractivity contribution in [1.29, 1.82) is 0 Å². The van der Waals surface area contributed by atoms with Crippen LogP contribution in [0.15, 0.2) is 30.9 Å². The predicted molar refractivity (Wildman–Crippen MR) is 97.4 cm³/mol. The lowest BCUT2D eigenvalue weighted by atomic mass is 10.1. The number of H-pyrrole nitrogens is 1. The molecule has 4 rings (SSSR count). The normalized spacial score (nSPS) is 18.4. The third-order valence-corrected chi connectivity index (χ3v) is 4.90. The SMILES string of the molecule is CCOC(=O)C1CC1c1[nH]ncc1C(=O)NCc1ncn2ccc(Cl)cc12. The molecule has 27 heavy (non-hydrogen) atoms. The van der Waals surface area contributed by atoms with Gasteiger partial charge in [-0.1, -0.05) is 11.6 Å². The fraction of sp³-hybridized carbons (Fsp3) is 0.333. The van der Waals surface area contributed by atoms with Gasteiger partial charge in [0.25, 0.3) is 5.91 Å². The number of pyridine rings is 1. The van der Waals surface area contributed by atoms with E-state index in [0.29, 0.717) is 35.0 Å². The van der Waals surface area contributed by atoms with Crippen LogP contribution in [0, 0.1) is 5.92 Å². The van der Waals surface area contributed by atoms with Crippen molar-refractivity contribution in [2.75, 3.05) is 6.61 Å². The van der Waals surface area contributed by atoms with Crippen LogP contribution in [0.4, 0.5) is 0 Å². The second-order valence-electron chi connectivity index (χ2n) is 6.41. The summed E-state index contributed by atoms with van der Waals surface area (Å²) in [6.45, 7) is 2.38. The first kappa shape index (κ1) is 17.5. The molecule has 1 fully saturated rings. The van der Waals surface area contributed by atoms with Gasteiger partial charge < -0.3 is 14.5 Å². The quantitative estimate of drug-likeness (QED) is 0.632. The van der Waals surface area contributed by atoms with Crippen molar-refractivity contribution in [2.24, 2.45) is 5.92 Å². The minimum Gasteiger partial charge on any atom is -0.466 e. The minimum atomic E-state index is -0.267. The highest BCUT2D eigenvalue weighted by Crippen LogP contribution is 2.48. The zero-order valence-corrected chi connectivity index (χ0v) is 15.4. The second-order valence-corrected chi connectivity index (χ2v) is 6.85. The van der Waals surface area contributed by atoms with Crippen molar-refractivity contribution in [3.05, 3.63) is 52.8 Å². The third kappa shape index (κ3) is 3.40. The van der Waals surface area contributed by atoms with Gasteiger partial charge in [0.15, 0.2) is 0 Å². The average Bonchev–Trinajstić information content (AvgIpc) is 3.12. The number of aromatic amines is 1. The highest BCUT2D eigenvalue weighted by Gasteiger charge is 2.47. The smallest absolute Gasteiger partial charge is 0.309 e. The van der Waals surface area contributed by atoms with E-state index in [9.17, 15) is 9.59 Å². The molecule has 3 heterocycles. The van der Waals surface area contributed by atoms with Crippen LogP contribution < -0.4 is 5.32 Å². The average molecular weight is 388 g/mol. The van der Waals surface area contributed by atoms with Gasteiger partial charge in [0.05, 0.1) is 54.1 Å². The second kappa shape index (κ2) is 7.03. The third-order valence-electron chi connectivity index (χ3n) is 4.66. The van der Waals surface area contributed by atoms with Gasteiger partial charge in [-0.2, -0.15) is 5.10 Å². The highest BCUT2D eigenvalue weighted by atomic mass is 35.5. The molecule has 8 nitrogen and oxygen atoms in total. The standard InChI is InChI=1S/C18H18ClN5O3/c1-2-27-18(26)12-6-11(12)16-13(7-22-23-16)17(25)20-8-14-15-5-10(19)3-4-24(15)9-21-14/h3-5,7,9,11-12H,2,6,8H2,1H3,(H,20,25)(H,22,23). The van der Waals surface area contributed by atoms with Crippen molar-refractivity contribution in [3.63, 3.8) is 0 Å². The monoisotopic (exact) mass is 387 g/mol. The number of aromatic nitrogens is 4. The number of nitrogens with zero attached hydrogens (tertiary/aromatic N) is 3. The number of carbonyl (C=O) groups excluding carboxylic acids is 2. The lowest BCUT2D eigenvalue weighted by Crippen LogP contribution is -2.24. The topological polar surface area (TPSA) is 101 Å². The van der Waals surface area contributed by atoms with E-state index in [2.05, 4.69) is 20.5 Å². The van der Waals surface area contributed by atoms with Gasteiger partial charge in [0, 0.05) is 17.1 Å². The summed E-state index contributed by atoms with van der Waals surface area (Å²) in [5.74, 6) is -0.767. The maximum absolute atomic E-state index is 12.6. The Morgan fingerprint density at radius 3 is 3.15 bits per heavy atom. The number of carbonyl (C=O) groups is 2. The summed E-state index contributed by atoms with van der Waals surface area (Å²) < 4.78 is 6.88. The Balaban J connectivity index is 1.45. The van der Waals surface area contributed by atoms with Gasteiger partial charge in [-0.25, -0.2) is 4.98 Å². The van der Waals surface area contributed by atoms with E-state index in [4.69, 9.17) is 16.3 Å². The number of halogens is 1. The van der Waals surface area contributed by atoms with Crippen molar-refractivity contribution in [3.8, 4) is 0 Å². The van der Waals surface area contributed by atoms with E-state index in [1.54, 1.807) is 25.4 Å². The Labute approximate surface area is 159 Å². The lowest BCUT2D eigenvalue weighted by Gasteiger charge is -2.05. The van der Waals surface area contributed by atoms with Crippen molar-refractivity contribution in [1.82, 2.24) is 24.9 Å². The predicted octanol–water partition coefficient (Wildman–Crippen LogP) is 2.31. The molecule has 1 saturated carbocycles. The van der Waals surface area contributed by atoms with Crippen LogP contribution >= 0.6 is 11.6 Å². The molecule has 0 radical (unpaired) electrons. The number of fused-ring (bicyclic) bond motifs is 1. The molecule has 0 bridgehead atoms. The molecule has 3 aromatic rings. The summed E-state index contributed by atoms with van der Waals surface area (Å²) in [4.78, 5) is 28.8. The minimum absolute atomic E-state index is 0.0560. The number of hydrogen-bond acceptors (Lipinski definition) is 5. The van der Waals surface area contributed by atoms with E-state index in [1.807, 2.05) is 10.6 Å². The molecule has 140 valence electrons. The van der Waals surface area contributed by atoms with E-state index in [-0.39, 0.29) is 30.3 Å². The summed E-state index contributed by atoms with van der Waals surface area (Å²) >= 11 is 6.04. The van der Waals surface area contributed by atoms with E-state index in [1.165, 1.54) is 6.20 Å². The number of esters is 1. The molecule has 3 aromatic heterocycles. The molecular weight excluding hydrogens is 370 g/mol. The molecule has 0 spiro atoms. The van der Waals surface area contributed by atoms with Gasteiger partial charge in [0.2, 0.25) is 0 Å². The molecule has 1 aliphatic carbocycles.